The van der Waals surface area contributed by atoms with Crippen LogP contribution in [0.5, 0.6) is 0 Å². The van der Waals surface area contributed by atoms with Crippen LogP contribution in [0, 0.1) is 5.92 Å². The van der Waals surface area contributed by atoms with Crippen LogP contribution >= 0.6 is 0 Å². The Labute approximate surface area is 91.1 Å². The predicted octanol–water partition coefficient (Wildman–Crippen LogP) is 2.71. The van der Waals surface area contributed by atoms with Gasteiger partial charge in [-0.1, -0.05) is 6.92 Å². The zero-order chi connectivity index (χ0) is 10.7. The van der Waals surface area contributed by atoms with E-state index in [4.69, 9.17) is 9.47 Å². The van der Waals surface area contributed by atoms with Gasteiger partial charge in [0.2, 0.25) is 0 Å². The van der Waals surface area contributed by atoms with Crippen LogP contribution < -0.4 is 0 Å². The largest absolute Gasteiger partial charge is 0.381 e. The summed E-state index contributed by atoms with van der Waals surface area (Å²) in [5.41, 5.74) is -1.03. The van der Waals surface area contributed by atoms with E-state index in [1.54, 1.807) is 0 Å². The topological polar surface area (TPSA) is 18.5 Å². The molecule has 2 aliphatic rings. The molecule has 88 valence electrons. The lowest BCUT2D eigenvalue weighted by Crippen LogP contribution is -2.38. The number of halogens is 1. The smallest absolute Gasteiger partial charge is 0.117 e. The molecule has 0 bridgehead atoms. The summed E-state index contributed by atoms with van der Waals surface area (Å²) in [4.78, 5) is 0. The van der Waals surface area contributed by atoms with E-state index in [2.05, 4.69) is 6.92 Å². The first-order valence-corrected chi connectivity index (χ1v) is 6.06. The Kier molecular flexibility index (Phi) is 3.62. The fourth-order valence-corrected chi connectivity index (χ4v) is 2.56. The van der Waals surface area contributed by atoms with Crippen molar-refractivity contribution in [3.8, 4) is 0 Å². The Morgan fingerprint density at radius 1 is 1.27 bits per heavy atom. The molecule has 0 aromatic heterocycles. The molecular formula is C12H21FO2. The summed E-state index contributed by atoms with van der Waals surface area (Å²) >= 11 is 0. The van der Waals surface area contributed by atoms with E-state index < -0.39 is 5.67 Å². The highest BCUT2D eigenvalue weighted by molar-refractivity contribution is 4.86. The molecule has 2 fully saturated rings. The van der Waals surface area contributed by atoms with Gasteiger partial charge in [-0.05, 0) is 18.8 Å². The second-order valence-corrected chi connectivity index (χ2v) is 5.09. The van der Waals surface area contributed by atoms with Crippen LogP contribution in [0.4, 0.5) is 4.39 Å². The van der Waals surface area contributed by atoms with E-state index >= 15 is 0 Å². The lowest BCUT2D eigenvalue weighted by Gasteiger charge is -2.35. The molecule has 0 amide bonds. The molecule has 2 heterocycles. The van der Waals surface area contributed by atoms with E-state index in [1.807, 2.05) is 0 Å². The molecule has 1 unspecified atom stereocenters. The average molecular weight is 216 g/mol. The number of ether oxygens (including phenoxy) is 2. The van der Waals surface area contributed by atoms with Crippen LogP contribution in [-0.2, 0) is 9.47 Å². The van der Waals surface area contributed by atoms with Crippen LogP contribution in [0.1, 0.15) is 39.0 Å². The third kappa shape index (κ3) is 3.15. The van der Waals surface area contributed by atoms with Crippen molar-refractivity contribution in [3.63, 3.8) is 0 Å². The minimum atomic E-state index is -1.03. The molecule has 2 nitrogen and oxygen atoms in total. The van der Waals surface area contributed by atoms with E-state index in [1.165, 1.54) is 0 Å². The first-order valence-electron chi connectivity index (χ1n) is 6.06. The number of hydrogen-bond acceptors (Lipinski definition) is 2. The fraction of sp³-hybridized carbons (Fsp3) is 1.00. The van der Waals surface area contributed by atoms with Crippen LogP contribution in [0.3, 0.4) is 0 Å². The Morgan fingerprint density at radius 3 is 2.67 bits per heavy atom. The lowest BCUT2D eigenvalue weighted by atomic mass is 9.86. The Balaban J connectivity index is 1.83. The molecule has 0 radical (unpaired) electrons. The van der Waals surface area contributed by atoms with E-state index in [-0.39, 0.29) is 6.10 Å². The zero-order valence-corrected chi connectivity index (χ0v) is 9.51. The minimum Gasteiger partial charge on any atom is -0.381 e. The molecule has 0 aliphatic carbocycles. The maximum absolute atomic E-state index is 14.3. The van der Waals surface area contributed by atoms with Crippen molar-refractivity contribution >= 4 is 0 Å². The molecule has 0 spiro atoms. The second kappa shape index (κ2) is 4.79. The van der Waals surface area contributed by atoms with Gasteiger partial charge in [0.05, 0.1) is 6.10 Å². The summed E-state index contributed by atoms with van der Waals surface area (Å²) in [5.74, 6) is 0.687. The third-order valence-corrected chi connectivity index (χ3v) is 3.61. The SMILES string of the molecule is C[C@@H]1CCOC(CC2(F)CCOCC2)C1. The number of alkyl halides is 1. The van der Waals surface area contributed by atoms with Crippen molar-refractivity contribution < 1.29 is 13.9 Å². The molecular weight excluding hydrogens is 195 g/mol. The molecule has 2 atom stereocenters. The predicted molar refractivity (Wildman–Crippen MR) is 56.6 cm³/mol. The first kappa shape index (κ1) is 11.3. The maximum atomic E-state index is 14.3. The van der Waals surface area contributed by atoms with E-state index in [9.17, 15) is 4.39 Å². The minimum absolute atomic E-state index is 0.136. The van der Waals surface area contributed by atoms with Gasteiger partial charge >= 0.3 is 0 Å². The molecule has 3 heteroatoms. The quantitative estimate of drug-likeness (QED) is 0.706. The second-order valence-electron chi connectivity index (χ2n) is 5.09. The number of rotatable bonds is 2. The van der Waals surface area contributed by atoms with Gasteiger partial charge in [0, 0.05) is 39.1 Å². The molecule has 2 saturated heterocycles. The highest BCUT2D eigenvalue weighted by atomic mass is 19.1. The van der Waals surface area contributed by atoms with E-state index in [0.717, 1.165) is 19.4 Å². The zero-order valence-electron chi connectivity index (χ0n) is 9.51. The summed E-state index contributed by atoms with van der Waals surface area (Å²) in [6, 6.07) is 0. The summed E-state index contributed by atoms with van der Waals surface area (Å²) in [6.07, 6.45) is 3.94. The van der Waals surface area contributed by atoms with Gasteiger partial charge in [-0.2, -0.15) is 0 Å². The monoisotopic (exact) mass is 216 g/mol. The van der Waals surface area contributed by atoms with Crippen molar-refractivity contribution in [1.82, 2.24) is 0 Å². The van der Waals surface area contributed by atoms with Crippen LogP contribution in [0.25, 0.3) is 0 Å². The van der Waals surface area contributed by atoms with Gasteiger partial charge < -0.3 is 9.47 Å². The van der Waals surface area contributed by atoms with Crippen molar-refractivity contribution in [2.45, 2.75) is 50.8 Å². The Morgan fingerprint density at radius 2 is 2.00 bits per heavy atom. The molecule has 0 N–H and O–H groups in total. The third-order valence-electron chi connectivity index (χ3n) is 3.61. The van der Waals surface area contributed by atoms with Crippen molar-refractivity contribution in [1.29, 1.82) is 0 Å². The molecule has 0 saturated carbocycles. The Bertz CT molecular complexity index is 202. The molecule has 15 heavy (non-hydrogen) atoms. The number of hydrogen-bond donors (Lipinski definition) is 0. The highest BCUT2D eigenvalue weighted by Gasteiger charge is 2.36. The summed E-state index contributed by atoms with van der Waals surface area (Å²) in [6.45, 7) is 4.17. The van der Waals surface area contributed by atoms with Gasteiger partial charge in [-0.15, -0.1) is 0 Å². The van der Waals surface area contributed by atoms with Crippen LogP contribution in [0.2, 0.25) is 0 Å². The summed E-state index contributed by atoms with van der Waals surface area (Å²) in [5, 5.41) is 0. The van der Waals surface area contributed by atoms with Gasteiger partial charge in [0.25, 0.3) is 0 Å². The Hall–Kier alpha value is -0.150. The molecule has 2 rings (SSSR count). The highest BCUT2D eigenvalue weighted by Crippen LogP contribution is 2.34. The summed E-state index contributed by atoms with van der Waals surface area (Å²) in [7, 11) is 0. The molecule has 0 aromatic carbocycles. The van der Waals surface area contributed by atoms with Gasteiger partial charge in [-0.3, -0.25) is 0 Å². The molecule has 2 aliphatic heterocycles. The van der Waals surface area contributed by atoms with Gasteiger partial charge in [0.15, 0.2) is 0 Å². The van der Waals surface area contributed by atoms with Gasteiger partial charge in [-0.25, -0.2) is 4.39 Å². The molecule has 0 aromatic rings. The maximum Gasteiger partial charge on any atom is 0.117 e. The van der Waals surface area contributed by atoms with Gasteiger partial charge in [0.1, 0.15) is 5.67 Å². The average Bonchev–Trinajstić information content (AvgIpc) is 2.18. The van der Waals surface area contributed by atoms with Crippen molar-refractivity contribution in [3.05, 3.63) is 0 Å². The first-order chi connectivity index (χ1) is 7.18. The van der Waals surface area contributed by atoms with E-state index in [0.29, 0.717) is 38.4 Å². The van der Waals surface area contributed by atoms with Crippen LogP contribution in [-0.4, -0.2) is 31.6 Å². The lowest BCUT2D eigenvalue weighted by molar-refractivity contribution is -0.0723. The normalized spacial score (nSPS) is 36.4. The van der Waals surface area contributed by atoms with Crippen molar-refractivity contribution in [2.24, 2.45) is 5.92 Å². The standard InChI is InChI=1S/C12H21FO2/c1-10-2-5-15-11(8-10)9-12(13)3-6-14-7-4-12/h10-11H,2-9H2,1H3/t10-,11?/m1/s1. The van der Waals surface area contributed by atoms with Crippen LogP contribution in [0.15, 0.2) is 0 Å². The fourth-order valence-electron chi connectivity index (χ4n) is 2.56. The van der Waals surface area contributed by atoms with Crippen molar-refractivity contribution in [2.75, 3.05) is 19.8 Å². The summed E-state index contributed by atoms with van der Waals surface area (Å²) < 4.78 is 25.2.